The topological polar surface area (TPSA) is 51.8 Å². The van der Waals surface area contributed by atoms with Crippen molar-refractivity contribution in [3.05, 3.63) is 28.9 Å². The van der Waals surface area contributed by atoms with Gasteiger partial charge in [-0.25, -0.2) is 9.97 Å². The molecule has 0 spiro atoms. The lowest BCUT2D eigenvalue weighted by molar-refractivity contribution is 0.344. The second kappa shape index (κ2) is 4.93. The van der Waals surface area contributed by atoms with Gasteiger partial charge in [-0.05, 0) is 43.2 Å². The fourth-order valence-electron chi connectivity index (χ4n) is 2.68. The van der Waals surface area contributed by atoms with Crippen LogP contribution in [0.1, 0.15) is 30.8 Å². The molecule has 19 heavy (non-hydrogen) atoms. The Morgan fingerprint density at radius 1 is 1.42 bits per heavy atom. The number of nitrogen functional groups attached to an aromatic ring is 1. The second-order valence-electron chi connectivity index (χ2n) is 5.57. The third-order valence-electron chi connectivity index (χ3n) is 3.99. The van der Waals surface area contributed by atoms with E-state index in [0.717, 1.165) is 28.8 Å². The van der Waals surface area contributed by atoms with Crippen LogP contribution in [0.15, 0.2) is 18.3 Å². The van der Waals surface area contributed by atoms with Crippen LogP contribution in [0, 0.1) is 11.8 Å². The van der Waals surface area contributed by atoms with Crippen LogP contribution in [0.4, 0.5) is 5.82 Å². The summed E-state index contributed by atoms with van der Waals surface area (Å²) < 4.78 is 0. The van der Waals surface area contributed by atoms with Crippen molar-refractivity contribution >= 4 is 17.2 Å². The smallest absolute Gasteiger partial charge is 0.133 e. The SMILES string of the molecule is CC(C)C1CCc2nc(-c3cccnc3N)sc2C1. The Bertz CT molecular complexity index is 589. The maximum absolute atomic E-state index is 5.94. The molecule has 1 aliphatic carbocycles. The molecule has 0 radical (unpaired) electrons. The lowest BCUT2D eigenvalue weighted by atomic mass is 9.83. The molecule has 3 rings (SSSR count). The number of fused-ring (bicyclic) bond motifs is 1. The first-order valence-corrected chi connectivity index (χ1v) is 7.66. The van der Waals surface area contributed by atoms with Crippen molar-refractivity contribution in [1.82, 2.24) is 9.97 Å². The molecule has 2 heterocycles. The number of hydrogen-bond acceptors (Lipinski definition) is 4. The van der Waals surface area contributed by atoms with Gasteiger partial charge in [-0.3, -0.25) is 0 Å². The van der Waals surface area contributed by atoms with E-state index in [-0.39, 0.29) is 0 Å². The van der Waals surface area contributed by atoms with E-state index in [1.54, 1.807) is 17.5 Å². The van der Waals surface area contributed by atoms with E-state index < -0.39 is 0 Å². The number of nitrogens with zero attached hydrogens (tertiary/aromatic N) is 2. The van der Waals surface area contributed by atoms with Gasteiger partial charge >= 0.3 is 0 Å². The molecule has 1 unspecified atom stereocenters. The van der Waals surface area contributed by atoms with Gasteiger partial charge in [-0.1, -0.05) is 13.8 Å². The standard InChI is InChI=1S/C15H19N3S/c1-9(2)10-5-6-12-13(8-10)19-15(18-12)11-4-3-7-17-14(11)16/h3-4,7,9-10H,5-6,8H2,1-2H3,(H2,16,17). The first-order chi connectivity index (χ1) is 9.15. The minimum atomic E-state index is 0.578. The predicted octanol–water partition coefficient (Wildman–Crippen LogP) is 3.55. The van der Waals surface area contributed by atoms with Crippen molar-refractivity contribution in [2.75, 3.05) is 5.73 Å². The lowest BCUT2D eigenvalue weighted by Crippen LogP contribution is -2.17. The molecule has 0 aliphatic heterocycles. The first-order valence-electron chi connectivity index (χ1n) is 6.84. The van der Waals surface area contributed by atoms with Gasteiger partial charge in [0, 0.05) is 11.1 Å². The van der Waals surface area contributed by atoms with E-state index in [2.05, 4.69) is 18.8 Å². The molecule has 0 saturated carbocycles. The van der Waals surface area contributed by atoms with Crippen LogP contribution in [-0.2, 0) is 12.8 Å². The van der Waals surface area contributed by atoms with Gasteiger partial charge in [0.2, 0.25) is 0 Å². The number of hydrogen-bond donors (Lipinski definition) is 1. The van der Waals surface area contributed by atoms with Crippen LogP contribution in [0.5, 0.6) is 0 Å². The van der Waals surface area contributed by atoms with Crippen molar-refractivity contribution in [3.63, 3.8) is 0 Å². The van der Waals surface area contributed by atoms with Crippen molar-refractivity contribution in [2.45, 2.75) is 33.1 Å². The molecule has 0 amide bonds. The highest BCUT2D eigenvalue weighted by atomic mass is 32.1. The third kappa shape index (κ3) is 2.37. The largest absolute Gasteiger partial charge is 0.383 e. The van der Waals surface area contributed by atoms with Crippen LogP contribution < -0.4 is 5.73 Å². The fourth-order valence-corrected chi connectivity index (χ4v) is 3.92. The van der Waals surface area contributed by atoms with Gasteiger partial charge < -0.3 is 5.73 Å². The van der Waals surface area contributed by atoms with E-state index in [0.29, 0.717) is 5.82 Å². The number of anilines is 1. The zero-order chi connectivity index (χ0) is 13.4. The molecule has 0 bridgehead atoms. The van der Waals surface area contributed by atoms with Gasteiger partial charge in [-0.15, -0.1) is 11.3 Å². The molecule has 1 aliphatic rings. The van der Waals surface area contributed by atoms with Crippen LogP contribution in [-0.4, -0.2) is 9.97 Å². The molecule has 0 aromatic carbocycles. The summed E-state index contributed by atoms with van der Waals surface area (Å²) in [6.45, 7) is 4.63. The van der Waals surface area contributed by atoms with Crippen molar-refractivity contribution in [2.24, 2.45) is 11.8 Å². The Balaban J connectivity index is 1.94. The van der Waals surface area contributed by atoms with Crippen molar-refractivity contribution in [3.8, 4) is 10.6 Å². The average molecular weight is 273 g/mol. The highest BCUT2D eigenvalue weighted by Gasteiger charge is 2.25. The Labute approximate surface area is 117 Å². The molecule has 1 atom stereocenters. The van der Waals surface area contributed by atoms with E-state index in [1.807, 2.05) is 12.1 Å². The van der Waals surface area contributed by atoms with Crippen molar-refractivity contribution < 1.29 is 0 Å². The van der Waals surface area contributed by atoms with Crippen LogP contribution >= 0.6 is 11.3 Å². The molecule has 0 saturated heterocycles. The quantitative estimate of drug-likeness (QED) is 0.910. The van der Waals surface area contributed by atoms with E-state index in [9.17, 15) is 0 Å². The van der Waals surface area contributed by atoms with Gasteiger partial charge in [-0.2, -0.15) is 0 Å². The monoisotopic (exact) mass is 273 g/mol. The number of thiazole rings is 1. The molecular weight excluding hydrogens is 254 g/mol. The lowest BCUT2D eigenvalue weighted by Gasteiger charge is -2.24. The van der Waals surface area contributed by atoms with Crippen LogP contribution in [0.25, 0.3) is 10.6 Å². The Morgan fingerprint density at radius 3 is 3.00 bits per heavy atom. The molecule has 2 N–H and O–H groups in total. The van der Waals surface area contributed by atoms with Gasteiger partial charge in [0.05, 0.1) is 11.3 Å². The van der Waals surface area contributed by atoms with Gasteiger partial charge in [0.25, 0.3) is 0 Å². The average Bonchev–Trinajstić information content (AvgIpc) is 2.81. The molecule has 3 nitrogen and oxygen atoms in total. The van der Waals surface area contributed by atoms with E-state index in [1.165, 1.54) is 23.4 Å². The fraction of sp³-hybridized carbons (Fsp3) is 0.467. The second-order valence-corrected chi connectivity index (χ2v) is 6.66. The number of pyridine rings is 1. The summed E-state index contributed by atoms with van der Waals surface area (Å²) in [6, 6.07) is 3.93. The highest BCUT2D eigenvalue weighted by Crippen LogP contribution is 2.37. The number of rotatable bonds is 2. The summed E-state index contributed by atoms with van der Waals surface area (Å²) in [5.74, 6) is 2.13. The molecule has 2 aromatic rings. The Kier molecular flexibility index (Phi) is 3.27. The number of nitrogens with two attached hydrogens (primary N) is 1. The highest BCUT2D eigenvalue weighted by molar-refractivity contribution is 7.15. The normalized spacial score (nSPS) is 18.6. The molecular formula is C15H19N3S. The van der Waals surface area contributed by atoms with Crippen molar-refractivity contribution in [1.29, 1.82) is 0 Å². The molecule has 0 fully saturated rings. The van der Waals surface area contributed by atoms with E-state index >= 15 is 0 Å². The summed E-state index contributed by atoms with van der Waals surface area (Å²) >= 11 is 1.79. The van der Waals surface area contributed by atoms with Crippen LogP contribution in [0.2, 0.25) is 0 Å². The minimum Gasteiger partial charge on any atom is -0.383 e. The van der Waals surface area contributed by atoms with Gasteiger partial charge in [0.15, 0.2) is 0 Å². The maximum atomic E-state index is 5.94. The summed E-state index contributed by atoms with van der Waals surface area (Å²) in [5, 5.41) is 1.03. The van der Waals surface area contributed by atoms with E-state index in [4.69, 9.17) is 10.7 Å². The number of aryl methyl sites for hydroxylation is 1. The summed E-state index contributed by atoms with van der Waals surface area (Å²) in [4.78, 5) is 10.4. The zero-order valence-corrected chi connectivity index (χ0v) is 12.2. The van der Waals surface area contributed by atoms with Crippen LogP contribution in [0.3, 0.4) is 0 Å². The summed E-state index contributed by atoms with van der Waals surface area (Å²) in [6.07, 6.45) is 5.26. The Hall–Kier alpha value is -1.42. The van der Waals surface area contributed by atoms with Gasteiger partial charge in [0.1, 0.15) is 10.8 Å². The molecule has 4 heteroatoms. The third-order valence-corrected chi connectivity index (χ3v) is 5.14. The zero-order valence-electron chi connectivity index (χ0n) is 11.4. The molecule has 100 valence electrons. The summed E-state index contributed by atoms with van der Waals surface area (Å²) in [7, 11) is 0. The Morgan fingerprint density at radius 2 is 2.26 bits per heavy atom. The molecule has 2 aromatic heterocycles. The summed E-state index contributed by atoms with van der Waals surface area (Å²) in [5.41, 5.74) is 8.19. The number of aromatic nitrogens is 2. The first kappa shape index (κ1) is 12.6. The predicted molar refractivity (Wildman–Crippen MR) is 80.1 cm³/mol. The minimum absolute atomic E-state index is 0.578. The maximum Gasteiger partial charge on any atom is 0.133 e.